The van der Waals surface area contributed by atoms with Crippen molar-refractivity contribution in [1.82, 2.24) is 15.1 Å². The SMILES string of the molecule is CC[C@@H](Oc1cccc(C)c1C)C(=O)NCCCN1CCN(C)CC1. The van der Waals surface area contributed by atoms with Crippen molar-refractivity contribution in [3.05, 3.63) is 29.3 Å². The summed E-state index contributed by atoms with van der Waals surface area (Å²) in [6, 6.07) is 5.96. The second-order valence-electron chi connectivity index (χ2n) is 7.00. The molecule has 1 aliphatic heterocycles. The summed E-state index contributed by atoms with van der Waals surface area (Å²) in [4.78, 5) is 17.2. The first-order valence-corrected chi connectivity index (χ1v) is 9.42. The number of nitrogens with zero attached hydrogens (tertiary/aromatic N) is 2. The fraction of sp³-hybridized carbons (Fsp3) is 0.650. The van der Waals surface area contributed by atoms with Crippen LogP contribution in [-0.2, 0) is 4.79 Å². The average molecular weight is 348 g/mol. The topological polar surface area (TPSA) is 44.8 Å². The lowest BCUT2D eigenvalue weighted by atomic mass is 10.1. The van der Waals surface area contributed by atoms with Crippen LogP contribution in [0.4, 0.5) is 0 Å². The molecule has 5 heteroatoms. The summed E-state index contributed by atoms with van der Waals surface area (Å²) in [6.45, 7) is 12.3. The van der Waals surface area contributed by atoms with E-state index in [1.165, 1.54) is 5.56 Å². The molecule has 0 saturated carbocycles. The van der Waals surface area contributed by atoms with E-state index >= 15 is 0 Å². The molecule has 1 aliphatic rings. The Morgan fingerprint density at radius 2 is 1.96 bits per heavy atom. The van der Waals surface area contributed by atoms with Crippen LogP contribution in [0.2, 0.25) is 0 Å². The third-order valence-electron chi connectivity index (χ3n) is 5.03. The number of ether oxygens (including phenoxy) is 1. The van der Waals surface area contributed by atoms with Gasteiger partial charge in [-0.1, -0.05) is 19.1 Å². The summed E-state index contributed by atoms with van der Waals surface area (Å²) >= 11 is 0. The number of rotatable bonds is 8. The molecule has 25 heavy (non-hydrogen) atoms. The van der Waals surface area contributed by atoms with E-state index in [0.717, 1.165) is 50.5 Å². The van der Waals surface area contributed by atoms with Crippen molar-refractivity contribution in [3.8, 4) is 5.75 Å². The fourth-order valence-electron chi connectivity index (χ4n) is 3.03. The molecule has 1 atom stereocenters. The largest absolute Gasteiger partial charge is 0.480 e. The molecule has 140 valence electrons. The van der Waals surface area contributed by atoms with Gasteiger partial charge in [0, 0.05) is 32.7 Å². The number of aryl methyl sites for hydroxylation is 1. The first-order chi connectivity index (χ1) is 12.0. The molecule has 0 aromatic heterocycles. The molecule has 2 rings (SSSR count). The second-order valence-corrected chi connectivity index (χ2v) is 7.00. The van der Waals surface area contributed by atoms with Gasteiger partial charge in [0.2, 0.25) is 0 Å². The van der Waals surface area contributed by atoms with Crippen molar-refractivity contribution in [2.45, 2.75) is 39.7 Å². The second kappa shape index (κ2) is 9.78. The molecule has 1 aromatic rings. The van der Waals surface area contributed by atoms with E-state index in [1.807, 2.05) is 26.0 Å². The Morgan fingerprint density at radius 1 is 1.24 bits per heavy atom. The number of carbonyl (C=O) groups excluding carboxylic acids is 1. The highest BCUT2D eigenvalue weighted by molar-refractivity contribution is 5.81. The van der Waals surface area contributed by atoms with E-state index in [1.54, 1.807) is 0 Å². The molecule has 1 heterocycles. The van der Waals surface area contributed by atoms with Gasteiger partial charge in [0.1, 0.15) is 5.75 Å². The highest BCUT2D eigenvalue weighted by Gasteiger charge is 2.19. The monoisotopic (exact) mass is 347 g/mol. The Hall–Kier alpha value is -1.59. The minimum atomic E-state index is -0.427. The Labute approximate surface area is 152 Å². The molecule has 0 aliphatic carbocycles. The van der Waals surface area contributed by atoms with Gasteiger partial charge >= 0.3 is 0 Å². The van der Waals surface area contributed by atoms with Crippen LogP contribution in [0.15, 0.2) is 18.2 Å². The van der Waals surface area contributed by atoms with Crippen LogP contribution in [0.3, 0.4) is 0 Å². The fourth-order valence-corrected chi connectivity index (χ4v) is 3.03. The van der Waals surface area contributed by atoms with Crippen molar-refractivity contribution in [1.29, 1.82) is 0 Å². The number of carbonyl (C=O) groups is 1. The highest BCUT2D eigenvalue weighted by Crippen LogP contribution is 2.22. The Balaban J connectivity index is 1.73. The number of amides is 1. The molecular weight excluding hydrogens is 314 g/mol. The predicted octanol–water partition coefficient (Wildman–Crippen LogP) is 2.21. The van der Waals surface area contributed by atoms with Crippen LogP contribution in [-0.4, -0.2) is 68.1 Å². The molecule has 1 saturated heterocycles. The van der Waals surface area contributed by atoms with Crippen molar-refractivity contribution < 1.29 is 9.53 Å². The van der Waals surface area contributed by atoms with Crippen molar-refractivity contribution >= 4 is 5.91 Å². The average Bonchev–Trinajstić information content (AvgIpc) is 2.61. The Bertz CT molecular complexity index is 554. The quantitative estimate of drug-likeness (QED) is 0.733. The molecule has 1 amide bonds. The van der Waals surface area contributed by atoms with E-state index in [4.69, 9.17) is 4.74 Å². The zero-order valence-electron chi connectivity index (χ0n) is 16.2. The number of hydrogen-bond donors (Lipinski definition) is 1. The minimum Gasteiger partial charge on any atom is -0.480 e. The molecule has 0 bridgehead atoms. The van der Waals surface area contributed by atoms with E-state index in [0.29, 0.717) is 13.0 Å². The maximum atomic E-state index is 12.4. The maximum absolute atomic E-state index is 12.4. The summed E-state index contributed by atoms with van der Waals surface area (Å²) in [5.41, 5.74) is 2.28. The van der Waals surface area contributed by atoms with E-state index in [2.05, 4.69) is 35.2 Å². The Kier molecular flexibility index (Phi) is 7.72. The predicted molar refractivity (Wildman–Crippen MR) is 102 cm³/mol. The lowest BCUT2D eigenvalue weighted by Crippen LogP contribution is -2.45. The number of benzene rings is 1. The molecule has 1 N–H and O–H groups in total. The van der Waals surface area contributed by atoms with Gasteiger partial charge in [0.05, 0.1) is 0 Å². The molecule has 0 spiro atoms. The lowest BCUT2D eigenvalue weighted by Gasteiger charge is -2.32. The summed E-state index contributed by atoms with van der Waals surface area (Å²) in [6.07, 6.45) is 1.22. The van der Waals surface area contributed by atoms with Gasteiger partial charge in [0.25, 0.3) is 5.91 Å². The van der Waals surface area contributed by atoms with Crippen LogP contribution in [0.5, 0.6) is 5.75 Å². The summed E-state index contributed by atoms with van der Waals surface area (Å²) < 4.78 is 5.97. The van der Waals surface area contributed by atoms with Crippen LogP contribution < -0.4 is 10.1 Å². The van der Waals surface area contributed by atoms with Crippen molar-refractivity contribution in [3.63, 3.8) is 0 Å². The van der Waals surface area contributed by atoms with Crippen molar-refractivity contribution in [2.75, 3.05) is 46.3 Å². The summed E-state index contributed by atoms with van der Waals surface area (Å²) in [5, 5.41) is 3.04. The molecule has 0 radical (unpaired) electrons. The number of hydrogen-bond acceptors (Lipinski definition) is 4. The number of nitrogens with one attached hydrogen (secondary N) is 1. The number of likely N-dealkylation sites (N-methyl/N-ethyl adjacent to an activating group) is 1. The van der Waals surface area contributed by atoms with Crippen LogP contribution >= 0.6 is 0 Å². The van der Waals surface area contributed by atoms with Gasteiger partial charge in [-0.15, -0.1) is 0 Å². The zero-order chi connectivity index (χ0) is 18.2. The van der Waals surface area contributed by atoms with Crippen molar-refractivity contribution in [2.24, 2.45) is 0 Å². The molecule has 1 fully saturated rings. The van der Waals surface area contributed by atoms with Gasteiger partial charge in [-0.3, -0.25) is 4.79 Å². The summed E-state index contributed by atoms with van der Waals surface area (Å²) in [7, 11) is 2.17. The van der Waals surface area contributed by atoms with Crippen LogP contribution in [0.1, 0.15) is 30.9 Å². The van der Waals surface area contributed by atoms with Gasteiger partial charge in [-0.25, -0.2) is 0 Å². The maximum Gasteiger partial charge on any atom is 0.261 e. The van der Waals surface area contributed by atoms with Gasteiger partial charge in [0.15, 0.2) is 6.10 Å². The van der Waals surface area contributed by atoms with Crippen LogP contribution in [0, 0.1) is 13.8 Å². The smallest absolute Gasteiger partial charge is 0.261 e. The zero-order valence-corrected chi connectivity index (χ0v) is 16.2. The summed E-state index contributed by atoms with van der Waals surface area (Å²) in [5.74, 6) is 0.793. The third kappa shape index (κ3) is 6.01. The lowest BCUT2D eigenvalue weighted by molar-refractivity contribution is -0.128. The molecule has 5 nitrogen and oxygen atoms in total. The highest BCUT2D eigenvalue weighted by atomic mass is 16.5. The minimum absolute atomic E-state index is 0.0122. The van der Waals surface area contributed by atoms with Crippen LogP contribution in [0.25, 0.3) is 0 Å². The van der Waals surface area contributed by atoms with E-state index in [9.17, 15) is 4.79 Å². The van der Waals surface area contributed by atoms with E-state index < -0.39 is 6.10 Å². The molecular formula is C20H33N3O2. The van der Waals surface area contributed by atoms with Gasteiger partial charge in [-0.05, 0) is 57.5 Å². The third-order valence-corrected chi connectivity index (χ3v) is 5.03. The number of piperazine rings is 1. The molecule has 0 unspecified atom stereocenters. The first-order valence-electron chi connectivity index (χ1n) is 9.42. The normalized spacial score (nSPS) is 17.3. The standard InChI is InChI=1S/C20H33N3O2/c1-5-18(25-19-9-6-8-16(2)17(19)3)20(24)21-10-7-11-23-14-12-22(4)13-15-23/h6,8-9,18H,5,7,10-15H2,1-4H3,(H,21,24)/t18-/m1/s1. The Morgan fingerprint density at radius 3 is 2.64 bits per heavy atom. The van der Waals surface area contributed by atoms with Gasteiger partial charge in [-0.2, -0.15) is 0 Å². The van der Waals surface area contributed by atoms with E-state index in [-0.39, 0.29) is 5.91 Å². The van der Waals surface area contributed by atoms with Gasteiger partial charge < -0.3 is 19.9 Å². The molecule has 1 aromatic carbocycles. The first kappa shape index (κ1) is 19.7.